The van der Waals surface area contributed by atoms with E-state index in [1.54, 1.807) is 4.90 Å². The molecule has 2 aromatic heterocycles. The number of benzene rings is 1. The van der Waals surface area contributed by atoms with Crippen LogP contribution < -0.4 is 11.4 Å². The maximum absolute atomic E-state index is 13.8. The van der Waals surface area contributed by atoms with Crippen LogP contribution in [-0.4, -0.2) is 77.1 Å². The molecule has 0 spiro atoms. The van der Waals surface area contributed by atoms with Crippen LogP contribution in [-0.2, 0) is 16.3 Å². The summed E-state index contributed by atoms with van der Waals surface area (Å²) in [6.07, 6.45) is 5.95. The number of amides is 1. The molecule has 4 heterocycles. The van der Waals surface area contributed by atoms with Gasteiger partial charge in [0.1, 0.15) is 15.2 Å². The van der Waals surface area contributed by atoms with Crippen molar-refractivity contribution in [2.75, 3.05) is 37.7 Å². The normalized spacial score (nSPS) is 19.0. The average Bonchev–Trinajstić information content (AvgIpc) is 3.21. The highest BCUT2D eigenvalue weighted by molar-refractivity contribution is 7.92. The minimum Gasteiger partial charge on any atom is -0.382 e. The maximum Gasteiger partial charge on any atom is 0.339 e. The standard InChI is InChI=1S/C26H36N8O3S/c1-2-17-38(28,37)24-29-22(27)21-23(30-24)33(18-19-9-5-3-6-10-19)26(36)34(21)25(35)32-15-11-20(12-16-32)31-13-7-4-8-14-31/h3,5-6,9-10,20,28H,2,4,7-8,11-18H2,1H3,(H2,27,29,30). The fraction of sp³-hybridized carbons (Fsp3) is 0.538. The zero-order chi connectivity index (χ0) is 26.9. The van der Waals surface area contributed by atoms with E-state index in [-0.39, 0.29) is 34.4 Å². The number of anilines is 1. The van der Waals surface area contributed by atoms with Crippen LogP contribution in [0.4, 0.5) is 10.6 Å². The van der Waals surface area contributed by atoms with Gasteiger partial charge in [-0.05, 0) is 50.8 Å². The highest BCUT2D eigenvalue weighted by Gasteiger charge is 2.32. The lowest BCUT2D eigenvalue weighted by Crippen LogP contribution is -2.50. The van der Waals surface area contributed by atoms with Crippen molar-refractivity contribution >= 4 is 32.7 Å². The Bertz CT molecular complexity index is 1470. The molecule has 38 heavy (non-hydrogen) atoms. The van der Waals surface area contributed by atoms with Crippen LogP contribution in [0.2, 0.25) is 0 Å². The van der Waals surface area contributed by atoms with Crippen molar-refractivity contribution in [3.63, 3.8) is 0 Å². The lowest BCUT2D eigenvalue weighted by molar-refractivity contribution is 0.102. The summed E-state index contributed by atoms with van der Waals surface area (Å²) in [5.74, 6) is -0.0477. The number of nitrogens with one attached hydrogen (secondary N) is 1. The van der Waals surface area contributed by atoms with E-state index in [9.17, 15) is 13.8 Å². The first kappa shape index (κ1) is 26.4. The summed E-state index contributed by atoms with van der Waals surface area (Å²) in [5.41, 5.74) is 6.79. The van der Waals surface area contributed by atoms with Crippen molar-refractivity contribution < 1.29 is 9.00 Å². The Morgan fingerprint density at radius 3 is 2.42 bits per heavy atom. The fourth-order valence-corrected chi connectivity index (χ4v) is 6.85. The second-order valence-corrected chi connectivity index (χ2v) is 12.4. The third kappa shape index (κ3) is 5.06. The van der Waals surface area contributed by atoms with Crippen molar-refractivity contribution in [1.29, 1.82) is 4.78 Å². The number of likely N-dealkylation sites (tertiary alicyclic amines) is 2. The predicted octanol–water partition coefficient (Wildman–Crippen LogP) is 2.96. The van der Waals surface area contributed by atoms with Gasteiger partial charge < -0.3 is 15.5 Å². The van der Waals surface area contributed by atoms with Gasteiger partial charge in [0.05, 0.1) is 6.54 Å². The molecule has 12 heteroatoms. The Kier molecular flexibility index (Phi) is 7.53. The molecule has 204 valence electrons. The molecule has 0 radical (unpaired) electrons. The Morgan fingerprint density at radius 1 is 1.08 bits per heavy atom. The Morgan fingerprint density at radius 2 is 1.76 bits per heavy atom. The number of fused-ring (bicyclic) bond motifs is 1. The van der Waals surface area contributed by atoms with E-state index in [1.165, 1.54) is 23.8 Å². The molecule has 2 fully saturated rings. The number of nitrogens with two attached hydrogens (primary N) is 1. The van der Waals surface area contributed by atoms with Crippen molar-refractivity contribution in [2.45, 2.75) is 63.2 Å². The monoisotopic (exact) mass is 540 g/mol. The molecular weight excluding hydrogens is 504 g/mol. The number of piperidine rings is 2. The highest BCUT2D eigenvalue weighted by Crippen LogP contribution is 2.24. The van der Waals surface area contributed by atoms with Gasteiger partial charge in [0.25, 0.3) is 0 Å². The number of aromatic nitrogens is 4. The van der Waals surface area contributed by atoms with Gasteiger partial charge in [-0.15, -0.1) is 0 Å². The van der Waals surface area contributed by atoms with Crippen LogP contribution in [0.15, 0.2) is 40.3 Å². The fourth-order valence-electron chi connectivity index (χ4n) is 5.61. The average molecular weight is 541 g/mol. The number of nitrogen functional groups attached to an aromatic ring is 1. The SMILES string of the molecule is CCCS(=N)(=O)c1nc(N)c2c(n1)n(Cc1ccccc1)c(=O)n2C(=O)N1CCC(N2CCCCC2)CC1. The molecule has 2 aliphatic heterocycles. The largest absolute Gasteiger partial charge is 0.382 e. The van der Waals surface area contributed by atoms with E-state index in [4.69, 9.17) is 10.5 Å². The zero-order valence-electron chi connectivity index (χ0n) is 21.8. The molecule has 3 aromatic rings. The zero-order valence-corrected chi connectivity index (χ0v) is 22.7. The summed E-state index contributed by atoms with van der Waals surface area (Å²) < 4.78 is 23.7. The van der Waals surface area contributed by atoms with E-state index in [2.05, 4.69) is 14.9 Å². The van der Waals surface area contributed by atoms with Gasteiger partial charge in [0.15, 0.2) is 11.5 Å². The lowest BCUT2D eigenvalue weighted by Gasteiger charge is -2.40. The third-order valence-electron chi connectivity index (χ3n) is 7.58. The van der Waals surface area contributed by atoms with E-state index in [0.717, 1.165) is 36.1 Å². The van der Waals surface area contributed by atoms with Crippen LogP contribution in [0.3, 0.4) is 0 Å². The number of carbonyl (C=O) groups is 1. The van der Waals surface area contributed by atoms with Gasteiger partial charge in [-0.2, -0.15) is 4.98 Å². The van der Waals surface area contributed by atoms with Gasteiger partial charge in [-0.25, -0.2) is 28.1 Å². The summed E-state index contributed by atoms with van der Waals surface area (Å²) in [4.78, 5) is 40.3. The first-order valence-corrected chi connectivity index (χ1v) is 15.2. The molecule has 2 saturated heterocycles. The Hall–Kier alpha value is -3.25. The molecule has 0 saturated carbocycles. The Balaban J connectivity index is 1.53. The molecule has 3 N–H and O–H groups in total. The molecular formula is C26H36N8O3S. The van der Waals surface area contributed by atoms with Crippen LogP contribution in [0.5, 0.6) is 0 Å². The third-order valence-corrected chi connectivity index (χ3v) is 9.33. The maximum atomic E-state index is 13.8. The molecule has 0 aliphatic carbocycles. The molecule has 11 nitrogen and oxygen atoms in total. The number of carbonyl (C=O) groups excluding carboxylic acids is 1. The molecule has 1 unspecified atom stereocenters. The van der Waals surface area contributed by atoms with E-state index in [1.807, 2.05) is 37.3 Å². The quantitative estimate of drug-likeness (QED) is 0.458. The number of rotatable bonds is 6. The van der Waals surface area contributed by atoms with Gasteiger partial charge >= 0.3 is 11.7 Å². The first-order valence-electron chi connectivity index (χ1n) is 13.4. The molecule has 0 bridgehead atoms. The van der Waals surface area contributed by atoms with Gasteiger partial charge in [-0.1, -0.05) is 43.7 Å². The second kappa shape index (κ2) is 10.9. The summed E-state index contributed by atoms with van der Waals surface area (Å²) in [6.45, 7) is 5.29. The van der Waals surface area contributed by atoms with Crippen molar-refractivity contribution in [3.05, 3.63) is 46.4 Å². The summed E-state index contributed by atoms with van der Waals surface area (Å²) >= 11 is 0. The smallest absolute Gasteiger partial charge is 0.339 e. The summed E-state index contributed by atoms with van der Waals surface area (Å²) in [5, 5.41) is -0.210. The number of hydrogen-bond donors (Lipinski definition) is 2. The molecule has 1 atom stereocenters. The second-order valence-electron chi connectivity index (χ2n) is 10.2. The summed E-state index contributed by atoms with van der Waals surface area (Å²) in [6, 6.07) is 9.36. The van der Waals surface area contributed by atoms with Crippen molar-refractivity contribution in [3.8, 4) is 0 Å². The van der Waals surface area contributed by atoms with Crippen LogP contribution in [0, 0.1) is 4.78 Å². The van der Waals surface area contributed by atoms with Crippen molar-refractivity contribution in [2.24, 2.45) is 0 Å². The number of nitrogens with zero attached hydrogens (tertiary/aromatic N) is 6. The van der Waals surface area contributed by atoms with E-state index >= 15 is 0 Å². The number of imidazole rings is 1. The highest BCUT2D eigenvalue weighted by atomic mass is 32.2. The minimum absolute atomic E-state index is 0.0759. The molecule has 1 aromatic carbocycles. The Labute approximate surface area is 222 Å². The first-order chi connectivity index (χ1) is 18.3. The van der Waals surface area contributed by atoms with E-state index in [0.29, 0.717) is 25.6 Å². The molecule has 1 amide bonds. The van der Waals surface area contributed by atoms with Gasteiger partial charge in [0, 0.05) is 24.9 Å². The number of hydrogen-bond acceptors (Lipinski definition) is 8. The summed E-state index contributed by atoms with van der Waals surface area (Å²) in [7, 11) is -3.30. The van der Waals surface area contributed by atoms with Gasteiger partial charge in [-0.3, -0.25) is 4.57 Å². The minimum atomic E-state index is -3.30. The van der Waals surface area contributed by atoms with Crippen LogP contribution in [0.25, 0.3) is 11.2 Å². The van der Waals surface area contributed by atoms with Gasteiger partial charge in [0.2, 0.25) is 5.16 Å². The predicted molar refractivity (Wildman–Crippen MR) is 147 cm³/mol. The topological polar surface area (TPSA) is 143 Å². The van der Waals surface area contributed by atoms with E-state index < -0.39 is 21.4 Å². The lowest BCUT2D eigenvalue weighted by atomic mass is 10.0. The van der Waals surface area contributed by atoms with Crippen LogP contribution >= 0.6 is 0 Å². The van der Waals surface area contributed by atoms with Crippen molar-refractivity contribution in [1.82, 2.24) is 28.9 Å². The van der Waals surface area contributed by atoms with Crippen LogP contribution in [0.1, 0.15) is 51.0 Å². The molecule has 2 aliphatic rings. The molecule has 5 rings (SSSR count).